The molecule has 0 spiro atoms. The van der Waals surface area contributed by atoms with Crippen molar-refractivity contribution < 1.29 is 13.5 Å². The number of rotatable bonds is 19. The summed E-state index contributed by atoms with van der Waals surface area (Å²) in [5.74, 6) is 1.51. The molecular weight excluding hydrogens is 364 g/mol. The summed E-state index contributed by atoms with van der Waals surface area (Å²) in [5.41, 5.74) is 0. The van der Waals surface area contributed by atoms with Gasteiger partial charge in [0.25, 0.3) is 0 Å². The van der Waals surface area contributed by atoms with Crippen LogP contribution in [0.2, 0.25) is 0 Å². The van der Waals surface area contributed by atoms with E-state index >= 15 is 0 Å². The van der Waals surface area contributed by atoms with Crippen molar-refractivity contribution in [2.45, 2.75) is 115 Å². The van der Waals surface area contributed by atoms with Gasteiger partial charge in [-0.15, -0.1) is 0 Å². The minimum Gasteiger partial charge on any atom is -0.392 e. The van der Waals surface area contributed by atoms with Gasteiger partial charge < -0.3 is 5.11 Å². The van der Waals surface area contributed by atoms with E-state index in [2.05, 4.69) is 6.92 Å². The van der Waals surface area contributed by atoms with Crippen molar-refractivity contribution in [3.8, 4) is 0 Å². The highest BCUT2D eigenvalue weighted by molar-refractivity contribution is 8.00. The SMILES string of the molecule is CCCCCCCCCCCCCCCCSCC(C(C)O)S(C)(=O)=O. The fourth-order valence-electron chi connectivity index (χ4n) is 3.22. The molecule has 0 radical (unpaired) electrons. The maximum Gasteiger partial charge on any atom is 0.153 e. The molecule has 0 heterocycles. The van der Waals surface area contributed by atoms with Crippen molar-refractivity contribution in [2.24, 2.45) is 0 Å². The Balaban J connectivity index is 3.32. The Morgan fingerprint density at radius 2 is 1.15 bits per heavy atom. The van der Waals surface area contributed by atoms with Gasteiger partial charge in [-0.25, -0.2) is 8.42 Å². The molecule has 26 heavy (non-hydrogen) atoms. The number of aliphatic hydroxyl groups is 1. The predicted octanol–water partition coefficient (Wildman–Crippen LogP) is 5.99. The van der Waals surface area contributed by atoms with Crippen LogP contribution in [0.25, 0.3) is 0 Å². The highest BCUT2D eigenvalue weighted by Crippen LogP contribution is 2.16. The van der Waals surface area contributed by atoms with E-state index in [1.165, 1.54) is 89.7 Å². The van der Waals surface area contributed by atoms with Crippen molar-refractivity contribution in [2.75, 3.05) is 17.8 Å². The zero-order valence-electron chi connectivity index (χ0n) is 17.5. The highest BCUT2D eigenvalue weighted by atomic mass is 32.2. The van der Waals surface area contributed by atoms with Crippen molar-refractivity contribution in [3.05, 3.63) is 0 Å². The fourth-order valence-corrected chi connectivity index (χ4v) is 6.30. The van der Waals surface area contributed by atoms with Crippen LogP contribution in [-0.4, -0.2) is 42.6 Å². The molecule has 0 aliphatic heterocycles. The van der Waals surface area contributed by atoms with Crippen molar-refractivity contribution in [3.63, 3.8) is 0 Å². The Kier molecular flexibility index (Phi) is 17.5. The van der Waals surface area contributed by atoms with E-state index < -0.39 is 21.2 Å². The van der Waals surface area contributed by atoms with Crippen molar-refractivity contribution in [1.82, 2.24) is 0 Å². The molecule has 1 N–H and O–H groups in total. The second-order valence-corrected chi connectivity index (χ2v) is 11.2. The second kappa shape index (κ2) is 17.4. The lowest BCUT2D eigenvalue weighted by Crippen LogP contribution is -2.33. The summed E-state index contributed by atoms with van der Waals surface area (Å²) < 4.78 is 23.2. The minimum atomic E-state index is -3.16. The molecule has 0 aliphatic carbocycles. The number of aliphatic hydroxyl groups excluding tert-OH is 1. The van der Waals surface area contributed by atoms with Gasteiger partial charge in [0.1, 0.15) is 0 Å². The average molecular weight is 409 g/mol. The van der Waals surface area contributed by atoms with Gasteiger partial charge in [0.05, 0.1) is 11.4 Å². The van der Waals surface area contributed by atoms with Crippen LogP contribution in [0, 0.1) is 0 Å². The predicted molar refractivity (Wildman–Crippen MR) is 118 cm³/mol. The van der Waals surface area contributed by atoms with E-state index in [0.717, 1.165) is 12.2 Å². The smallest absolute Gasteiger partial charge is 0.153 e. The lowest BCUT2D eigenvalue weighted by Gasteiger charge is -2.17. The van der Waals surface area contributed by atoms with Gasteiger partial charge >= 0.3 is 0 Å². The fraction of sp³-hybridized carbons (Fsp3) is 1.00. The van der Waals surface area contributed by atoms with E-state index in [4.69, 9.17) is 0 Å². The quantitative estimate of drug-likeness (QED) is 0.266. The summed E-state index contributed by atoms with van der Waals surface area (Å²) in [7, 11) is -3.16. The van der Waals surface area contributed by atoms with E-state index in [1.807, 2.05) is 0 Å². The van der Waals surface area contributed by atoms with E-state index in [-0.39, 0.29) is 0 Å². The lowest BCUT2D eigenvalue weighted by molar-refractivity contribution is 0.194. The van der Waals surface area contributed by atoms with Crippen LogP contribution in [-0.2, 0) is 9.84 Å². The first-order chi connectivity index (χ1) is 12.4. The van der Waals surface area contributed by atoms with Crippen LogP contribution in [0.3, 0.4) is 0 Å². The first-order valence-corrected chi connectivity index (χ1v) is 13.9. The van der Waals surface area contributed by atoms with Gasteiger partial charge in [-0.3, -0.25) is 0 Å². The molecule has 0 aromatic rings. The minimum absolute atomic E-state index is 0.509. The summed E-state index contributed by atoms with van der Waals surface area (Å²) in [4.78, 5) is 0. The van der Waals surface area contributed by atoms with E-state index in [0.29, 0.717) is 5.75 Å². The highest BCUT2D eigenvalue weighted by Gasteiger charge is 2.25. The second-order valence-electron chi connectivity index (χ2n) is 7.78. The number of hydrogen-bond acceptors (Lipinski definition) is 4. The first-order valence-electron chi connectivity index (χ1n) is 10.8. The molecule has 0 saturated heterocycles. The summed E-state index contributed by atoms with van der Waals surface area (Å²) in [6.45, 7) is 3.84. The molecule has 0 fully saturated rings. The summed E-state index contributed by atoms with van der Waals surface area (Å²) in [6, 6.07) is 0. The molecule has 0 rings (SSSR count). The van der Waals surface area contributed by atoms with Crippen LogP contribution in [0.15, 0.2) is 0 Å². The van der Waals surface area contributed by atoms with Crippen LogP contribution in [0.5, 0.6) is 0 Å². The van der Waals surface area contributed by atoms with Crippen molar-refractivity contribution >= 4 is 21.6 Å². The molecule has 2 atom stereocenters. The molecule has 3 nitrogen and oxygen atoms in total. The summed E-state index contributed by atoms with van der Waals surface area (Å²) in [6.07, 6.45) is 19.4. The largest absolute Gasteiger partial charge is 0.392 e. The molecule has 0 aromatic carbocycles. The molecular formula is C21H44O3S2. The van der Waals surface area contributed by atoms with Gasteiger partial charge in [-0.05, 0) is 19.1 Å². The molecule has 158 valence electrons. The van der Waals surface area contributed by atoms with Crippen molar-refractivity contribution in [1.29, 1.82) is 0 Å². The van der Waals surface area contributed by atoms with Crippen LogP contribution < -0.4 is 0 Å². The first kappa shape index (κ1) is 26.3. The van der Waals surface area contributed by atoms with Crippen LogP contribution >= 0.6 is 11.8 Å². The summed E-state index contributed by atoms with van der Waals surface area (Å²) >= 11 is 1.66. The Morgan fingerprint density at radius 3 is 1.50 bits per heavy atom. The Bertz CT molecular complexity index is 394. The number of sulfone groups is 1. The molecule has 0 aromatic heterocycles. The third-order valence-corrected chi connectivity index (χ3v) is 8.06. The summed E-state index contributed by atoms with van der Waals surface area (Å²) in [5, 5.41) is 8.96. The normalized spacial score (nSPS) is 14.5. The maximum atomic E-state index is 11.6. The molecule has 0 aliphatic rings. The van der Waals surface area contributed by atoms with Gasteiger partial charge in [0, 0.05) is 12.0 Å². The zero-order chi connectivity index (χ0) is 19.7. The van der Waals surface area contributed by atoms with Crippen LogP contribution in [0.1, 0.15) is 104 Å². The monoisotopic (exact) mass is 408 g/mol. The molecule has 0 bridgehead atoms. The van der Waals surface area contributed by atoms with Gasteiger partial charge in [-0.2, -0.15) is 11.8 Å². The average Bonchev–Trinajstić information content (AvgIpc) is 2.56. The van der Waals surface area contributed by atoms with Crippen LogP contribution in [0.4, 0.5) is 0 Å². The standard InChI is InChI=1S/C21H44O3S2/c1-4-5-6-7-8-9-10-11-12-13-14-15-16-17-18-25-19-21(20(2)22)26(3,23)24/h20-22H,4-19H2,1-3H3. The number of hydrogen-bond donors (Lipinski definition) is 1. The Labute approximate surface area is 168 Å². The molecule has 0 saturated carbocycles. The van der Waals surface area contributed by atoms with Gasteiger partial charge in [0.2, 0.25) is 0 Å². The third kappa shape index (κ3) is 16.4. The van der Waals surface area contributed by atoms with E-state index in [9.17, 15) is 13.5 Å². The molecule has 5 heteroatoms. The van der Waals surface area contributed by atoms with Gasteiger partial charge in [-0.1, -0.05) is 90.4 Å². The topological polar surface area (TPSA) is 54.4 Å². The maximum absolute atomic E-state index is 11.6. The Hall–Kier alpha value is 0.260. The number of unbranched alkanes of at least 4 members (excludes halogenated alkanes) is 13. The van der Waals surface area contributed by atoms with Gasteiger partial charge in [0.15, 0.2) is 9.84 Å². The zero-order valence-corrected chi connectivity index (χ0v) is 19.2. The molecule has 2 unspecified atom stereocenters. The third-order valence-electron chi connectivity index (χ3n) is 5.01. The van der Waals surface area contributed by atoms with E-state index in [1.54, 1.807) is 18.7 Å². The Morgan fingerprint density at radius 1 is 0.769 bits per heavy atom. The number of thioether (sulfide) groups is 1. The molecule has 0 amide bonds. The lowest BCUT2D eigenvalue weighted by atomic mass is 10.0.